The van der Waals surface area contributed by atoms with Crippen LogP contribution in [0.3, 0.4) is 0 Å². The van der Waals surface area contributed by atoms with E-state index in [4.69, 9.17) is 24.5 Å². The fourth-order valence-electron chi connectivity index (χ4n) is 2.76. The van der Waals surface area contributed by atoms with Crippen molar-refractivity contribution in [3.8, 4) is 0 Å². The molecule has 11 heteroatoms. The fraction of sp³-hybridized carbons (Fsp3) is 0.733. The standard InChI is InChI=1S/C15H21N3O8/c1-7(19)24-8-5-9(14(21)22-4)25-13(11(8)17-18-16)12(20)10-6-23-15(2,3)26-10/h5,8,10-13,20H,6H2,1-4H3/t8-,10+,11+,12+,13+/m0/s1. The molecule has 2 aliphatic heterocycles. The number of methoxy groups -OCH3 is 1. The SMILES string of the molecule is COC(=O)C1=C[C@H](OC(C)=O)[C@@H](N=[N+]=[N-])[C@H]([C@H](O)[C@H]2COC(C)(C)O2)O1. The third-order valence-corrected chi connectivity index (χ3v) is 3.87. The van der Waals surface area contributed by atoms with Crippen molar-refractivity contribution >= 4 is 11.9 Å². The van der Waals surface area contributed by atoms with E-state index in [0.29, 0.717) is 0 Å². The van der Waals surface area contributed by atoms with Gasteiger partial charge in [-0.2, -0.15) is 0 Å². The van der Waals surface area contributed by atoms with Gasteiger partial charge in [-0.1, -0.05) is 5.11 Å². The number of hydrogen-bond acceptors (Lipinski definition) is 9. The first-order valence-electron chi connectivity index (χ1n) is 7.86. The molecule has 2 heterocycles. The fourth-order valence-corrected chi connectivity index (χ4v) is 2.76. The largest absolute Gasteiger partial charge is 0.480 e. The van der Waals surface area contributed by atoms with Gasteiger partial charge in [0.2, 0.25) is 5.76 Å². The molecule has 2 aliphatic rings. The molecule has 2 rings (SSSR count). The lowest BCUT2D eigenvalue weighted by atomic mass is 9.94. The minimum Gasteiger partial charge on any atom is -0.480 e. The highest BCUT2D eigenvalue weighted by atomic mass is 16.7. The highest BCUT2D eigenvalue weighted by Crippen LogP contribution is 2.32. The van der Waals surface area contributed by atoms with Crippen molar-refractivity contribution in [1.82, 2.24) is 0 Å². The summed E-state index contributed by atoms with van der Waals surface area (Å²) in [5.41, 5.74) is 8.85. The molecule has 0 saturated carbocycles. The Morgan fingerprint density at radius 2 is 2.19 bits per heavy atom. The van der Waals surface area contributed by atoms with E-state index >= 15 is 0 Å². The van der Waals surface area contributed by atoms with Crippen LogP contribution in [0.4, 0.5) is 0 Å². The summed E-state index contributed by atoms with van der Waals surface area (Å²) in [6.45, 7) is 4.57. The van der Waals surface area contributed by atoms with E-state index in [9.17, 15) is 14.7 Å². The monoisotopic (exact) mass is 371 g/mol. The maximum absolute atomic E-state index is 11.9. The van der Waals surface area contributed by atoms with Gasteiger partial charge < -0.3 is 28.8 Å². The van der Waals surface area contributed by atoms with E-state index in [2.05, 4.69) is 14.8 Å². The van der Waals surface area contributed by atoms with Crippen molar-refractivity contribution in [3.63, 3.8) is 0 Å². The van der Waals surface area contributed by atoms with Crippen molar-refractivity contribution in [2.75, 3.05) is 13.7 Å². The van der Waals surface area contributed by atoms with Crippen molar-refractivity contribution in [2.24, 2.45) is 5.11 Å². The molecule has 26 heavy (non-hydrogen) atoms. The van der Waals surface area contributed by atoms with Crippen LogP contribution in [0.1, 0.15) is 20.8 Å². The molecule has 0 aromatic rings. The number of hydrogen-bond donors (Lipinski definition) is 1. The van der Waals surface area contributed by atoms with Crippen LogP contribution in [0.15, 0.2) is 16.9 Å². The van der Waals surface area contributed by atoms with Gasteiger partial charge in [-0.05, 0) is 19.4 Å². The molecule has 0 aromatic carbocycles. The van der Waals surface area contributed by atoms with Crippen molar-refractivity contribution in [2.45, 2.75) is 57.0 Å². The first kappa shape index (κ1) is 20.0. The number of nitrogens with zero attached hydrogens (tertiary/aromatic N) is 3. The van der Waals surface area contributed by atoms with E-state index in [1.54, 1.807) is 13.8 Å². The Hall–Kier alpha value is -2.33. The summed E-state index contributed by atoms with van der Waals surface area (Å²) in [4.78, 5) is 26.0. The topological polar surface area (TPSA) is 149 Å². The van der Waals surface area contributed by atoms with E-state index in [0.717, 1.165) is 14.0 Å². The highest BCUT2D eigenvalue weighted by Gasteiger charge is 2.48. The lowest BCUT2D eigenvalue weighted by Crippen LogP contribution is -2.53. The van der Waals surface area contributed by atoms with E-state index in [1.165, 1.54) is 6.08 Å². The number of carbonyl (C=O) groups excluding carboxylic acids is 2. The second-order valence-corrected chi connectivity index (χ2v) is 6.23. The third kappa shape index (κ3) is 4.44. The Kier molecular flexibility index (Phi) is 6.09. The Balaban J connectivity index is 2.34. The van der Waals surface area contributed by atoms with E-state index < -0.39 is 48.2 Å². The lowest BCUT2D eigenvalue weighted by molar-refractivity contribution is -0.173. The van der Waals surface area contributed by atoms with Crippen LogP contribution in [0.2, 0.25) is 0 Å². The molecule has 0 bridgehead atoms. The molecule has 144 valence electrons. The van der Waals surface area contributed by atoms with Crippen LogP contribution in [-0.2, 0) is 33.3 Å². The van der Waals surface area contributed by atoms with Crippen LogP contribution >= 0.6 is 0 Å². The molecule has 0 aliphatic carbocycles. The summed E-state index contributed by atoms with van der Waals surface area (Å²) in [5.74, 6) is -2.68. The second-order valence-electron chi connectivity index (χ2n) is 6.23. The number of ether oxygens (including phenoxy) is 5. The average Bonchev–Trinajstić information content (AvgIpc) is 2.94. The number of aliphatic hydroxyl groups excluding tert-OH is 1. The molecule has 0 unspecified atom stereocenters. The Bertz CT molecular complexity index is 643. The summed E-state index contributed by atoms with van der Waals surface area (Å²) in [6.07, 6.45) is -3.32. The Labute approximate surface area is 149 Å². The first-order chi connectivity index (χ1) is 12.2. The van der Waals surface area contributed by atoms with Crippen molar-refractivity contribution < 1.29 is 38.4 Å². The molecule has 11 nitrogen and oxygen atoms in total. The number of azide groups is 1. The normalized spacial score (nSPS) is 31.0. The minimum absolute atomic E-state index is 0.0620. The van der Waals surface area contributed by atoms with Gasteiger partial charge >= 0.3 is 11.9 Å². The third-order valence-electron chi connectivity index (χ3n) is 3.87. The van der Waals surface area contributed by atoms with Gasteiger partial charge in [0.1, 0.15) is 30.5 Å². The van der Waals surface area contributed by atoms with Crippen LogP contribution in [-0.4, -0.2) is 67.0 Å². The van der Waals surface area contributed by atoms with E-state index in [-0.39, 0.29) is 12.4 Å². The summed E-state index contributed by atoms with van der Waals surface area (Å²) in [7, 11) is 1.15. The minimum atomic E-state index is -1.33. The summed E-state index contributed by atoms with van der Waals surface area (Å²) in [6, 6.07) is -1.13. The Morgan fingerprint density at radius 3 is 2.69 bits per heavy atom. The van der Waals surface area contributed by atoms with Crippen LogP contribution < -0.4 is 0 Å². The number of esters is 2. The molecule has 5 atom stereocenters. The van der Waals surface area contributed by atoms with Gasteiger partial charge in [0, 0.05) is 17.9 Å². The average molecular weight is 371 g/mol. The molecule has 0 aromatic heterocycles. The number of rotatable bonds is 5. The Morgan fingerprint density at radius 1 is 1.50 bits per heavy atom. The highest BCUT2D eigenvalue weighted by molar-refractivity contribution is 5.86. The predicted octanol–water partition coefficient (Wildman–Crippen LogP) is 0.565. The maximum Gasteiger partial charge on any atom is 0.373 e. The first-order valence-corrected chi connectivity index (χ1v) is 7.86. The molecule has 1 fully saturated rings. The molecule has 1 saturated heterocycles. The smallest absolute Gasteiger partial charge is 0.373 e. The molecule has 0 amide bonds. The van der Waals surface area contributed by atoms with Gasteiger partial charge in [-0.3, -0.25) is 4.79 Å². The zero-order chi connectivity index (χ0) is 19.5. The lowest BCUT2D eigenvalue weighted by Gasteiger charge is -2.37. The maximum atomic E-state index is 11.9. The zero-order valence-electron chi connectivity index (χ0n) is 14.8. The van der Waals surface area contributed by atoms with Crippen molar-refractivity contribution in [1.29, 1.82) is 0 Å². The van der Waals surface area contributed by atoms with Crippen LogP contribution in [0.5, 0.6) is 0 Å². The van der Waals surface area contributed by atoms with Crippen LogP contribution in [0, 0.1) is 0 Å². The summed E-state index contributed by atoms with van der Waals surface area (Å²) in [5, 5.41) is 14.3. The van der Waals surface area contributed by atoms with Crippen LogP contribution in [0.25, 0.3) is 10.4 Å². The quantitative estimate of drug-likeness (QED) is 0.319. The molecule has 0 spiro atoms. The molecular formula is C15H21N3O8. The summed E-state index contributed by atoms with van der Waals surface area (Å²) < 4.78 is 26.2. The summed E-state index contributed by atoms with van der Waals surface area (Å²) >= 11 is 0. The molecular weight excluding hydrogens is 350 g/mol. The van der Waals surface area contributed by atoms with Crippen molar-refractivity contribution in [3.05, 3.63) is 22.3 Å². The predicted molar refractivity (Wildman–Crippen MR) is 84.4 cm³/mol. The molecule has 1 N–H and O–H groups in total. The van der Waals surface area contributed by atoms with Gasteiger partial charge in [-0.25, -0.2) is 4.79 Å². The van der Waals surface area contributed by atoms with E-state index in [1.807, 2.05) is 0 Å². The van der Waals surface area contributed by atoms with Gasteiger partial charge in [0.25, 0.3) is 0 Å². The molecule has 0 radical (unpaired) electrons. The number of carbonyl (C=O) groups is 2. The number of aliphatic hydroxyl groups is 1. The second kappa shape index (κ2) is 7.92. The van der Waals surface area contributed by atoms with Gasteiger partial charge in [0.15, 0.2) is 5.79 Å². The zero-order valence-corrected chi connectivity index (χ0v) is 14.8. The van der Waals surface area contributed by atoms with Gasteiger partial charge in [-0.15, -0.1) is 0 Å². The van der Waals surface area contributed by atoms with Gasteiger partial charge in [0.05, 0.1) is 13.7 Å².